The Kier molecular flexibility index (Phi) is 5.12. The summed E-state index contributed by atoms with van der Waals surface area (Å²) in [5, 5.41) is 0. The summed E-state index contributed by atoms with van der Waals surface area (Å²) in [4.78, 5) is 2.29. The first-order chi connectivity index (χ1) is 7.19. The fourth-order valence-electron chi connectivity index (χ4n) is 1.72. The summed E-state index contributed by atoms with van der Waals surface area (Å²) in [5.74, 6) is 0. The molecule has 3 heteroatoms. The SMILES string of the molecule is CCCN(C)c1cc(Br)ccc1CCN. The van der Waals surface area contributed by atoms with Crippen LogP contribution in [0.4, 0.5) is 5.69 Å². The number of rotatable bonds is 5. The zero-order valence-electron chi connectivity index (χ0n) is 9.46. The molecule has 0 aromatic heterocycles. The lowest BCUT2D eigenvalue weighted by atomic mass is 10.1. The lowest BCUT2D eigenvalue weighted by molar-refractivity contribution is 0.840. The average Bonchev–Trinajstić information content (AvgIpc) is 2.21. The second-order valence-corrected chi connectivity index (χ2v) is 4.65. The number of hydrogen-bond acceptors (Lipinski definition) is 2. The van der Waals surface area contributed by atoms with Crippen molar-refractivity contribution in [2.45, 2.75) is 19.8 Å². The molecule has 0 bridgehead atoms. The van der Waals surface area contributed by atoms with Gasteiger partial charge in [0.1, 0.15) is 0 Å². The molecule has 1 aromatic carbocycles. The van der Waals surface area contributed by atoms with Crippen molar-refractivity contribution in [2.75, 3.05) is 25.0 Å². The molecule has 15 heavy (non-hydrogen) atoms. The predicted octanol–water partition coefficient (Wildman–Crippen LogP) is 2.80. The summed E-state index contributed by atoms with van der Waals surface area (Å²) in [5.41, 5.74) is 8.23. The number of benzene rings is 1. The number of nitrogens with zero attached hydrogens (tertiary/aromatic N) is 1. The van der Waals surface area contributed by atoms with E-state index in [0.29, 0.717) is 6.54 Å². The predicted molar refractivity (Wildman–Crippen MR) is 70.5 cm³/mol. The Bertz CT molecular complexity index is 312. The van der Waals surface area contributed by atoms with Crippen molar-refractivity contribution in [1.29, 1.82) is 0 Å². The summed E-state index contributed by atoms with van der Waals surface area (Å²) in [6.45, 7) is 3.97. The zero-order valence-corrected chi connectivity index (χ0v) is 11.0. The maximum atomic E-state index is 5.61. The fraction of sp³-hybridized carbons (Fsp3) is 0.500. The van der Waals surface area contributed by atoms with Crippen molar-refractivity contribution in [3.63, 3.8) is 0 Å². The lowest BCUT2D eigenvalue weighted by Crippen LogP contribution is -2.20. The van der Waals surface area contributed by atoms with Crippen LogP contribution < -0.4 is 10.6 Å². The molecule has 0 spiro atoms. The van der Waals surface area contributed by atoms with E-state index in [2.05, 4.69) is 53.0 Å². The van der Waals surface area contributed by atoms with Gasteiger partial charge in [-0.15, -0.1) is 0 Å². The average molecular weight is 271 g/mol. The normalized spacial score (nSPS) is 10.4. The molecule has 0 unspecified atom stereocenters. The van der Waals surface area contributed by atoms with Gasteiger partial charge in [0.25, 0.3) is 0 Å². The van der Waals surface area contributed by atoms with Crippen molar-refractivity contribution in [3.8, 4) is 0 Å². The van der Waals surface area contributed by atoms with Crippen LogP contribution in [0.15, 0.2) is 22.7 Å². The second-order valence-electron chi connectivity index (χ2n) is 3.73. The summed E-state index contributed by atoms with van der Waals surface area (Å²) in [6.07, 6.45) is 2.10. The smallest absolute Gasteiger partial charge is 0.0407 e. The molecule has 84 valence electrons. The molecule has 0 fully saturated rings. The zero-order chi connectivity index (χ0) is 11.3. The van der Waals surface area contributed by atoms with Crippen molar-refractivity contribution in [3.05, 3.63) is 28.2 Å². The van der Waals surface area contributed by atoms with E-state index in [-0.39, 0.29) is 0 Å². The van der Waals surface area contributed by atoms with Crippen molar-refractivity contribution >= 4 is 21.6 Å². The molecular weight excluding hydrogens is 252 g/mol. The van der Waals surface area contributed by atoms with Crippen LogP contribution in [-0.4, -0.2) is 20.1 Å². The Hall–Kier alpha value is -0.540. The maximum Gasteiger partial charge on any atom is 0.0407 e. The molecule has 0 atom stereocenters. The van der Waals surface area contributed by atoms with E-state index >= 15 is 0 Å². The van der Waals surface area contributed by atoms with Gasteiger partial charge in [-0.3, -0.25) is 0 Å². The van der Waals surface area contributed by atoms with Gasteiger partial charge in [0, 0.05) is 23.8 Å². The van der Waals surface area contributed by atoms with Crippen LogP contribution >= 0.6 is 15.9 Å². The Morgan fingerprint density at radius 1 is 1.40 bits per heavy atom. The molecule has 2 nitrogen and oxygen atoms in total. The van der Waals surface area contributed by atoms with Gasteiger partial charge in [0.2, 0.25) is 0 Å². The summed E-state index contributed by atoms with van der Waals surface area (Å²) in [6, 6.07) is 6.40. The third kappa shape index (κ3) is 3.50. The van der Waals surface area contributed by atoms with E-state index in [1.165, 1.54) is 11.3 Å². The lowest BCUT2D eigenvalue weighted by Gasteiger charge is -2.22. The number of nitrogens with two attached hydrogens (primary N) is 1. The Morgan fingerprint density at radius 3 is 2.73 bits per heavy atom. The molecule has 0 aliphatic rings. The highest BCUT2D eigenvalue weighted by molar-refractivity contribution is 9.10. The first-order valence-corrected chi connectivity index (χ1v) is 6.18. The topological polar surface area (TPSA) is 29.3 Å². The van der Waals surface area contributed by atoms with Gasteiger partial charge in [-0.1, -0.05) is 28.9 Å². The molecule has 0 heterocycles. The monoisotopic (exact) mass is 270 g/mol. The largest absolute Gasteiger partial charge is 0.374 e. The van der Waals surface area contributed by atoms with Crippen LogP contribution in [0, 0.1) is 0 Å². The Morgan fingerprint density at radius 2 is 2.13 bits per heavy atom. The third-order valence-electron chi connectivity index (χ3n) is 2.43. The van der Waals surface area contributed by atoms with E-state index in [9.17, 15) is 0 Å². The van der Waals surface area contributed by atoms with Crippen LogP contribution in [0.5, 0.6) is 0 Å². The van der Waals surface area contributed by atoms with Crippen LogP contribution in [0.3, 0.4) is 0 Å². The molecule has 0 aliphatic carbocycles. The first kappa shape index (κ1) is 12.5. The highest BCUT2D eigenvalue weighted by atomic mass is 79.9. The third-order valence-corrected chi connectivity index (χ3v) is 2.92. The number of halogens is 1. The van der Waals surface area contributed by atoms with Crippen LogP contribution in [-0.2, 0) is 6.42 Å². The van der Waals surface area contributed by atoms with E-state index in [4.69, 9.17) is 5.73 Å². The molecule has 1 rings (SSSR count). The summed E-state index contributed by atoms with van der Waals surface area (Å²) in [7, 11) is 2.13. The second kappa shape index (κ2) is 6.13. The highest BCUT2D eigenvalue weighted by Gasteiger charge is 2.06. The molecule has 0 amide bonds. The minimum atomic E-state index is 0.703. The maximum absolute atomic E-state index is 5.61. The quantitative estimate of drug-likeness (QED) is 0.892. The number of hydrogen-bond donors (Lipinski definition) is 1. The van der Waals surface area contributed by atoms with Crippen LogP contribution in [0.1, 0.15) is 18.9 Å². The van der Waals surface area contributed by atoms with E-state index in [1.807, 2.05) is 0 Å². The van der Waals surface area contributed by atoms with Crippen molar-refractivity contribution in [2.24, 2.45) is 5.73 Å². The minimum Gasteiger partial charge on any atom is -0.374 e. The van der Waals surface area contributed by atoms with Gasteiger partial charge < -0.3 is 10.6 Å². The summed E-state index contributed by atoms with van der Waals surface area (Å²) >= 11 is 3.51. The van der Waals surface area contributed by atoms with Gasteiger partial charge in [-0.2, -0.15) is 0 Å². The van der Waals surface area contributed by atoms with Gasteiger partial charge in [0.05, 0.1) is 0 Å². The van der Waals surface area contributed by atoms with E-state index in [1.54, 1.807) is 0 Å². The molecule has 1 aromatic rings. The highest BCUT2D eigenvalue weighted by Crippen LogP contribution is 2.24. The van der Waals surface area contributed by atoms with Gasteiger partial charge in [-0.05, 0) is 37.1 Å². The first-order valence-electron chi connectivity index (χ1n) is 5.38. The standard InChI is InChI=1S/C12H19BrN2/c1-3-8-15(2)12-9-11(13)5-4-10(12)6-7-14/h4-5,9H,3,6-8,14H2,1-2H3. The van der Waals surface area contributed by atoms with Crippen molar-refractivity contribution < 1.29 is 0 Å². The molecule has 2 N–H and O–H groups in total. The summed E-state index contributed by atoms with van der Waals surface area (Å²) < 4.78 is 1.13. The Labute approximate surface area is 101 Å². The van der Waals surface area contributed by atoms with E-state index in [0.717, 1.165) is 23.9 Å². The van der Waals surface area contributed by atoms with E-state index < -0.39 is 0 Å². The molecule has 0 radical (unpaired) electrons. The van der Waals surface area contributed by atoms with Crippen LogP contribution in [0.2, 0.25) is 0 Å². The molecule has 0 aliphatic heterocycles. The fourth-order valence-corrected chi connectivity index (χ4v) is 2.06. The molecular formula is C12H19BrN2. The van der Waals surface area contributed by atoms with Crippen LogP contribution in [0.25, 0.3) is 0 Å². The van der Waals surface area contributed by atoms with Gasteiger partial charge in [-0.25, -0.2) is 0 Å². The van der Waals surface area contributed by atoms with Gasteiger partial charge in [0.15, 0.2) is 0 Å². The number of anilines is 1. The minimum absolute atomic E-state index is 0.703. The molecule has 0 saturated heterocycles. The molecule has 0 saturated carbocycles. The Balaban J connectivity index is 2.95. The van der Waals surface area contributed by atoms with Gasteiger partial charge >= 0.3 is 0 Å². The van der Waals surface area contributed by atoms with Crippen molar-refractivity contribution in [1.82, 2.24) is 0 Å².